The summed E-state index contributed by atoms with van der Waals surface area (Å²) in [5.41, 5.74) is 1.19. The number of rotatable bonds is 4. The summed E-state index contributed by atoms with van der Waals surface area (Å²) in [6.45, 7) is 1.87. The van der Waals surface area contributed by atoms with Crippen LogP contribution in [-0.4, -0.2) is 26.8 Å². The van der Waals surface area contributed by atoms with Gasteiger partial charge in [0.25, 0.3) is 10.0 Å². The zero-order valence-corrected chi connectivity index (χ0v) is 14.3. The van der Waals surface area contributed by atoms with Gasteiger partial charge in [0.15, 0.2) is 11.5 Å². The molecule has 0 amide bonds. The summed E-state index contributed by atoms with van der Waals surface area (Å²) in [5.74, 6) is 0.0529. The Labute approximate surface area is 137 Å². The number of methoxy groups -OCH3 is 1. The second-order valence-corrected chi connectivity index (χ2v) is 7.12. The maximum atomic E-state index is 12.1. The molecule has 0 aromatic heterocycles. The van der Waals surface area contributed by atoms with Gasteiger partial charge >= 0.3 is 0 Å². The zero-order valence-electron chi connectivity index (χ0n) is 11.9. The fourth-order valence-corrected chi connectivity index (χ4v) is 3.05. The van der Waals surface area contributed by atoms with Crippen LogP contribution < -0.4 is 4.74 Å². The van der Waals surface area contributed by atoms with Crippen LogP contribution in [0.4, 0.5) is 0 Å². The van der Waals surface area contributed by atoms with Crippen molar-refractivity contribution in [3.05, 3.63) is 52.0 Å². The lowest BCUT2D eigenvalue weighted by Gasteiger charge is -2.06. The molecule has 5 nitrogen and oxygen atoms in total. The van der Waals surface area contributed by atoms with Crippen molar-refractivity contribution < 1.29 is 18.3 Å². The number of phenolic OH excluding ortho intramolecular Hbond substituents is 1. The zero-order chi connectivity index (χ0) is 16.3. The Morgan fingerprint density at radius 3 is 2.45 bits per heavy atom. The van der Waals surface area contributed by atoms with E-state index in [1.165, 1.54) is 19.2 Å². The first-order valence-corrected chi connectivity index (χ1v) is 8.50. The van der Waals surface area contributed by atoms with Crippen LogP contribution in [0.15, 0.2) is 50.2 Å². The molecule has 0 saturated carbocycles. The van der Waals surface area contributed by atoms with E-state index < -0.39 is 10.0 Å². The molecule has 0 unspecified atom stereocenters. The quantitative estimate of drug-likeness (QED) is 0.821. The second-order valence-electron chi connectivity index (χ2n) is 4.57. The maximum absolute atomic E-state index is 12.1. The Morgan fingerprint density at radius 2 is 1.86 bits per heavy atom. The Hall–Kier alpha value is -1.86. The first kappa shape index (κ1) is 16.5. The SMILES string of the molecule is COc1cc(Br)cc(/C=N\S(=O)(=O)c2ccc(C)cc2)c1O. The van der Waals surface area contributed by atoms with Crippen LogP contribution in [0.25, 0.3) is 0 Å². The van der Waals surface area contributed by atoms with E-state index in [4.69, 9.17) is 4.74 Å². The third-order valence-corrected chi connectivity index (χ3v) is 4.65. The monoisotopic (exact) mass is 383 g/mol. The summed E-state index contributed by atoms with van der Waals surface area (Å²) < 4.78 is 33.5. The minimum absolute atomic E-state index is 0.0933. The van der Waals surface area contributed by atoms with Gasteiger partial charge in [0.05, 0.1) is 18.2 Å². The van der Waals surface area contributed by atoms with Gasteiger partial charge in [-0.3, -0.25) is 0 Å². The number of aromatic hydroxyl groups is 1. The minimum Gasteiger partial charge on any atom is -0.504 e. The molecular formula is C15H14BrNO4S. The van der Waals surface area contributed by atoms with Gasteiger partial charge in [0, 0.05) is 10.0 Å². The lowest BCUT2D eigenvalue weighted by atomic mass is 10.2. The standard InChI is InChI=1S/C15H14BrNO4S/c1-10-3-5-13(6-4-10)22(19,20)17-9-11-7-12(16)8-14(21-2)15(11)18/h3-9,18H,1-2H3/b17-9-. The van der Waals surface area contributed by atoms with Crippen LogP contribution in [0.2, 0.25) is 0 Å². The van der Waals surface area contributed by atoms with Crippen molar-refractivity contribution in [2.45, 2.75) is 11.8 Å². The predicted octanol–water partition coefficient (Wildman–Crippen LogP) is 3.28. The van der Waals surface area contributed by atoms with Crippen molar-refractivity contribution in [2.75, 3.05) is 7.11 Å². The normalized spacial score (nSPS) is 11.8. The molecule has 2 aromatic carbocycles. The lowest BCUT2D eigenvalue weighted by molar-refractivity contribution is 0.373. The molecule has 0 spiro atoms. The van der Waals surface area contributed by atoms with Gasteiger partial charge in [0.1, 0.15) is 0 Å². The van der Waals surface area contributed by atoms with E-state index in [0.717, 1.165) is 11.8 Å². The Balaban J connectivity index is 2.39. The molecule has 0 heterocycles. The van der Waals surface area contributed by atoms with E-state index in [-0.39, 0.29) is 22.0 Å². The fourth-order valence-electron chi connectivity index (χ4n) is 1.75. The summed E-state index contributed by atoms with van der Waals surface area (Å²) >= 11 is 3.26. The molecule has 0 fully saturated rings. The highest BCUT2D eigenvalue weighted by Gasteiger charge is 2.13. The number of nitrogens with zero attached hydrogens (tertiary/aromatic N) is 1. The maximum Gasteiger partial charge on any atom is 0.282 e. The molecule has 7 heteroatoms. The highest BCUT2D eigenvalue weighted by atomic mass is 79.9. The van der Waals surface area contributed by atoms with Gasteiger partial charge in [-0.05, 0) is 31.2 Å². The average molecular weight is 384 g/mol. The molecule has 0 saturated heterocycles. The highest BCUT2D eigenvalue weighted by molar-refractivity contribution is 9.10. The largest absolute Gasteiger partial charge is 0.504 e. The molecular weight excluding hydrogens is 370 g/mol. The smallest absolute Gasteiger partial charge is 0.282 e. The summed E-state index contributed by atoms with van der Waals surface area (Å²) in [6.07, 6.45) is 1.10. The highest BCUT2D eigenvalue weighted by Crippen LogP contribution is 2.32. The summed E-state index contributed by atoms with van der Waals surface area (Å²) in [5, 5.41) is 9.99. The Bertz CT molecular complexity index is 814. The van der Waals surface area contributed by atoms with E-state index >= 15 is 0 Å². The van der Waals surface area contributed by atoms with Gasteiger partial charge in [0.2, 0.25) is 0 Å². The third kappa shape index (κ3) is 3.66. The van der Waals surface area contributed by atoms with Crippen LogP contribution in [0.3, 0.4) is 0 Å². The summed E-state index contributed by atoms with van der Waals surface area (Å²) in [4.78, 5) is 0.0933. The molecule has 116 valence electrons. The predicted molar refractivity (Wildman–Crippen MR) is 88.3 cm³/mol. The van der Waals surface area contributed by atoms with Gasteiger partial charge in [-0.1, -0.05) is 33.6 Å². The van der Waals surface area contributed by atoms with Gasteiger partial charge < -0.3 is 9.84 Å². The summed E-state index contributed by atoms with van der Waals surface area (Å²) in [7, 11) is -2.41. The number of hydrogen-bond donors (Lipinski definition) is 1. The molecule has 0 bridgehead atoms. The van der Waals surface area contributed by atoms with Crippen LogP contribution in [0.5, 0.6) is 11.5 Å². The number of hydrogen-bond acceptors (Lipinski definition) is 4. The Morgan fingerprint density at radius 1 is 1.23 bits per heavy atom. The van der Waals surface area contributed by atoms with E-state index in [0.29, 0.717) is 4.47 Å². The van der Waals surface area contributed by atoms with Crippen LogP contribution in [0, 0.1) is 6.92 Å². The second kappa shape index (κ2) is 6.50. The van der Waals surface area contributed by atoms with Crippen molar-refractivity contribution in [3.63, 3.8) is 0 Å². The van der Waals surface area contributed by atoms with Gasteiger partial charge in [-0.15, -0.1) is 0 Å². The van der Waals surface area contributed by atoms with Crippen molar-refractivity contribution in [1.82, 2.24) is 0 Å². The van der Waals surface area contributed by atoms with E-state index in [1.807, 2.05) is 6.92 Å². The van der Waals surface area contributed by atoms with Crippen LogP contribution in [0.1, 0.15) is 11.1 Å². The molecule has 1 N–H and O–H groups in total. The third-order valence-electron chi connectivity index (χ3n) is 2.94. The summed E-state index contributed by atoms with van der Waals surface area (Å²) in [6, 6.07) is 9.49. The molecule has 0 radical (unpaired) electrons. The molecule has 0 aliphatic heterocycles. The molecule has 2 aromatic rings. The van der Waals surface area contributed by atoms with Crippen LogP contribution in [-0.2, 0) is 10.0 Å². The number of benzene rings is 2. The number of aryl methyl sites for hydroxylation is 1. The number of ether oxygens (including phenoxy) is 1. The van der Waals surface area contributed by atoms with Crippen LogP contribution >= 0.6 is 15.9 Å². The molecule has 22 heavy (non-hydrogen) atoms. The van der Waals surface area contributed by atoms with Gasteiger partial charge in [-0.2, -0.15) is 12.8 Å². The first-order valence-electron chi connectivity index (χ1n) is 6.27. The van der Waals surface area contributed by atoms with E-state index in [2.05, 4.69) is 20.3 Å². The van der Waals surface area contributed by atoms with Crippen molar-refractivity contribution in [3.8, 4) is 11.5 Å². The molecule has 0 aliphatic carbocycles. The van der Waals surface area contributed by atoms with Crippen molar-refractivity contribution >= 4 is 32.2 Å². The lowest BCUT2D eigenvalue weighted by Crippen LogP contribution is -1.98. The van der Waals surface area contributed by atoms with E-state index in [1.54, 1.807) is 24.3 Å². The number of sulfonamides is 1. The molecule has 0 atom stereocenters. The number of phenols is 1. The fraction of sp³-hybridized carbons (Fsp3) is 0.133. The van der Waals surface area contributed by atoms with Crippen molar-refractivity contribution in [1.29, 1.82) is 0 Å². The van der Waals surface area contributed by atoms with Crippen molar-refractivity contribution in [2.24, 2.45) is 4.40 Å². The topological polar surface area (TPSA) is 76.0 Å². The van der Waals surface area contributed by atoms with Gasteiger partial charge in [-0.25, -0.2) is 0 Å². The van der Waals surface area contributed by atoms with E-state index in [9.17, 15) is 13.5 Å². The Kier molecular flexibility index (Phi) is 4.87. The average Bonchev–Trinajstić information content (AvgIpc) is 2.48. The first-order chi connectivity index (χ1) is 10.3. The number of halogens is 1. The molecule has 0 aliphatic rings. The molecule has 2 rings (SSSR count). The minimum atomic E-state index is -3.82.